The van der Waals surface area contributed by atoms with Crippen LogP contribution in [-0.2, 0) is 10.2 Å². The lowest BCUT2D eigenvalue weighted by Crippen LogP contribution is -2.49. The molecule has 0 aromatic carbocycles. The fourth-order valence-corrected chi connectivity index (χ4v) is 2.65. The lowest BCUT2D eigenvalue weighted by Gasteiger charge is -2.37. The van der Waals surface area contributed by atoms with Gasteiger partial charge in [0.05, 0.1) is 0 Å². The summed E-state index contributed by atoms with van der Waals surface area (Å²) in [5.74, 6) is 0.161. The molecule has 0 aromatic heterocycles. The summed E-state index contributed by atoms with van der Waals surface area (Å²) >= 11 is 0. The van der Waals surface area contributed by atoms with Gasteiger partial charge in [-0.05, 0) is 12.8 Å². The predicted octanol–water partition coefficient (Wildman–Crippen LogP) is -0.701. The van der Waals surface area contributed by atoms with Crippen LogP contribution >= 0.6 is 0 Å². The molecule has 1 rings (SSSR count). The number of rotatable bonds is 3. The van der Waals surface area contributed by atoms with Crippen LogP contribution in [-0.4, -0.2) is 43.9 Å². The van der Waals surface area contributed by atoms with E-state index in [1.807, 2.05) is 6.92 Å². The van der Waals surface area contributed by atoms with Crippen molar-refractivity contribution in [3.05, 3.63) is 0 Å². The van der Waals surface area contributed by atoms with Gasteiger partial charge in [0.25, 0.3) is 10.2 Å². The zero-order valence-electron chi connectivity index (χ0n) is 9.47. The molecule has 0 aliphatic carbocycles. The van der Waals surface area contributed by atoms with E-state index in [1.165, 1.54) is 11.4 Å². The van der Waals surface area contributed by atoms with Gasteiger partial charge in [-0.15, -0.1) is 0 Å². The molecule has 0 unspecified atom stereocenters. The first-order valence-corrected chi connectivity index (χ1v) is 6.46. The van der Waals surface area contributed by atoms with Crippen LogP contribution in [0.2, 0.25) is 0 Å². The highest BCUT2D eigenvalue weighted by molar-refractivity contribution is 7.87. The summed E-state index contributed by atoms with van der Waals surface area (Å²) in [7, 11) is -1.98. The van der Waals surface area contributed by atoms with Gasteiger partial charge < -0.3 is 10.9 Å². The van der Waals surface area contributed by atoms with Gasteiger partial charge in [-0.25, -0.2) is 4.72 Å². The van der Waals surface area contributed by atoms with E-state index in [0.717, 1.165) is 0 Å². The van der Waals surface area contributed by atoms with E-state index in [2.05, 4.69) is 9.88 Å². The number of piperidine rings is 1. The Morgan fingerprint density at radius 1 is 1.50 bits per heavy atom. The topological polar surface area (TPSA) is 108 Å². The molecule has 7 nitrogen and oxygen atoms in total. The Bertz CT molecular complexity index is 371. The third-order valence-corrected chi connectivity index (χ3v) is 4.71. The molecule has 0 aromatic rings. The van der Waals surface area contributed by atoms with Gasteiger partial charge in [0.1, 0.15) is 5.84 Å². The molecular formula is C8H18N4O3S. The van der Waals surface area contributed by atoms with Crippen molar-refractivity contribution in [2.75, 3.05) is 20.1 Å². The second-order valence-corrected chi connectivity index (χ2v) is 6.03. The molecule has 4 N–H and O–H groups in total. The van der Waals surface area contributed by atoms with Crippen LogP contribution in [0.4, 0.5) is 0 Å². The van der Waals surface area contributed by atoms with Gasteiger partial charge >= 0.3 is 0 Å². The Balaban J connectivity index is 2.72. The number of nitrogens with one attached hydrogen (secondary N) is 1. The monoisotopic (exact) mass is 250 g/mol. The van der Waals surface area contributed by atoms with E-state index < -0.39 is 15.6 Å². The number of oxime groups is 1. The van der Waals surface area contributed by atoms with Crippen molar-refractivity contribution < 1.29 is 13.6 Å². The maximum Gasteiger partial charge on any atom is 0.279 e. The van der Waals surface area contributed by atoms with Crippen molar-refractivity contribution in [2.45, 2.75) is 19.8 Å². The van der Waals surface area contributed by atoms with Gasteiger partial charge in [-0.3, -0.25) is 0 Å². The molecule has 0 saturated carbocycles. The Labute approximate surface area is 95.5 Å². The summed E-state index contributed by atoms with van der Waals surface area (Å²) in [6.45, 7) is 2.61. The minimum absolute atomic E-state index is 0.161. The number of nitrogens with zero attached hydrogens (tertiary/aromatic N) is 2. The van der Waals surface area contributed by atoms with Crippen molar-refractivity contribution >= 4 is 16.0 Å². The average molecular weight is 250 g/mol. The minimum Gasteiger partial charge on any atom is -0.409 e. The van der Waals surface area contributed by atoms with Crippen LogP contribution in [0.3, 0.4) is 0 Å². The highest BCUT2D eigenvalue weighted by atomic mass is 32.2. The molecule has 0 amide bonds. The van der Waals surface area contributed by atoms with E-state index in [4.69, 9.17) is 10.9 Å². The van der Waals surface area contributed by atoms with Gasteiger partial charge in [-0.1, -0.05) is 12.1 Å². The van der Waals surface area contributed by atoms with E-state index in [9.17, 15) is 8.42 Å². The molecule has 1 saturated heterocycles. The fourth-order valence-electron chi connectivity index (χ4n) is 1.73. The molecule has 1 aliphatic rings. The van der Waals surface area contributed by atoms with E-state index in [-0.39, 0.29) is 5.84 Å². The summed E-state index contributed by atoms with van der Waals surface area (Å²) in [6, 6.07) is 0. The zero-order valence-corrected chi connectivity index (χ0v) is 10.3. The largest absolute Gasteiger partial charge is 0.409 e. The van der Waals surface area contributed by atoms with Gasteiger partial charge in [0, 0.05) is 25.6 Å². The molecule has 8 heteroatoms. The quantitative estimate of drug-likeness (QED) is 0.266. The molecule has 94 valence electrons. The first kappa shape index (κ1) is 13.2. The SMILES string of the molecule is CNS(=O)(=O)N1CCC(C)(C(N)=NO)CC1. The Morgan fingerprint density at radius 2 is 2.00 bits per heavy atom. The second kappa shape index (κ2) is 4.56. The minimum atomic E-state index is -3.36. The maximum absolute atomic E-state index is 11.5. The third-order valence-electron chi connectivity index (χ3n) is 3.15. The molecule has 1 fully saturated rings. The van der Waals surface area contributed by atoms with Crippen LogP contribution in [0.5, 0.6) is 0 Å². The van der Waals surface area contributed by atoms with E-state index in [1.54, 1.807) is 0 Å². The molecule has 16 heavy (non-hydrogen) atoms. The van der Waals surface area contributed by atoms with Crippen molar-refractivity contribution in [1.29, 1.82) is 0 Å². The molecule has 0 radical (unpaired) electrons. The predicted molar refractivity (Wildman–Crippen MR) is 60.3 cm³/mol. The Morgan fingerprint density at radius 3 is 2.38 bits per heavy atom. The third kappa shape index (κ3) is 2.45. The van der Waals surface area contributed by atoms with Gasteiger partial charge in [0.15, 0.2) is 0 Å². The van der Waals surface area contributed by atoms with Gasteiger partial charge in [-0.2, -0.15) is 12.7 Å². The Hall–Kier alpha value is -0.860. The summed E-state index contributed by atoms with van der Waals surface area (Å²) in [5, 5.41) is 11.6. The second-order valence-electron chi connectivity index (χ2n) is 4.15. The van der Waals surface area contributed by atoms with E-state index in [0.29, 0.717) is 25.9 Å². The van der Waals surface area contributed by atoms with Crippen LogP contribution in [0.1, 0.15) is 19.8 Å². The summed E-state index contributed by atoms with van der Waals surface area (Å²) < 4.78 is 26.6. The number of amidine groups is 1. The Kier molecular flexibility index (Phi) is 3.76. The average Bonchev–Trinajstić information content (AvgIpc) is 2.28. The van der Waals surface area contributed by atoms with Crippen molar-refractivity contribution in [2.24, 2.45) is 16.3 Å². The first-order valence-electron chi connectivity index (χ1n) is 5.02. The highest BCUT2D eigenvalue weighted by Gasteiger charge is 2.37. The van der Waals surface area contributed by atoms with Crippen LogP contribution in [0.25, 0.3) is 0 Å². The summed E-state index contributed by atoms with van der Waals surface area (Å²) in [4.78, 5) is 0. The lowest BCUT2D eigenvalue weighted by molar-refractivity contribution is 0.228. The van der Waals surface area contributed by atoms with Crippen molar-refractivity contribution in [1.82, 2.24) is 9.03 Å². The van der Waals surface area contributed by atoms with Crippen LogP contribution < -0.4 is 10.5 Å². The van der Waals surface area contributed by atoms with Crippen LogP contribution in [0, 0.1) is 5.41 Å². The molecule has 0 atom stereocenters. The highest BCUT2D eigenvalue weighted by Crippen LogP contribution is 2.31. The molecule has 1 heterocycles. The lowest BCUT2D eigenvalue weighted by atomic mass is 9.80. The number of hydrogen-bond acceptors (Lipinski definition) is 4. The standard InChI is InChI=1S/C8H18N4O3S/c1-8(7(9)11-13)3-5-12(6-4-8)16(14,15)10-2/h10,13H,3-6H2,1-2H3,(H2,9,11). The summed E-state index contributed by atoms with van der Waals surface area (Å²) in [5.41, 5.74) is 5.16. The van der Waals surface area contributed by atoms with E-state index >= 15 is 0 Å². The smallest absolute Gasteiger partial charge is 0.279 e. The van der Waals surface area contributed by atoms with Crippen molar-refractivity contribution in [3.8, 4) is 0 Å². The molecular weight excluding hydrogens is 232 g/mol. The molecule has 1 aliphatic heterocycles. The maximum atomic E-state index is 11.5. The van der Waals surface area contributed by atoms with Gasteiger partial charge in [0.2, 0.25) is 0 Å². The fraction of sp³-hybridized carbons (Fsp3) is 0.875. The van der Waals surface area contributed by atoms with Crippen LogP contribution in [0.15, 0.2) is 5.16 Å². The number of nitrogens with two attached hydrogens (primary N) is 1. The molecule has 0 spiro atoms. The zero-order chi connectivity index (χ0) is 12.4. The van der Waals surface area contributed by atoms with Crippen molar-refractivity contribution in [3.63, 3.8) is 0 Å². The summed E-state index contributed by atoms with van der Waals surface area (Å²) in [6.07, 6.45) is 1.09. The normalized spacial score (nSPS) is 23.2. The number of hydrogen-bond donors (Lipinski definition) is 3. The molecule has 0 bridgehead atoms. The first-order chi connectivity index (χ1) is 7.35.